The van der Waals surface area contributed by atoms with Gasteiger partial charge in [0.15, 0.2) is 0 Å². The van der Waals surface area contributed by atoms with Gasteiger partial charge in [0.05, 0.1) is 0 Å². The van der Waals surface area contributed by atoms with Crippen molar-refractivity contribution < 1.29 is 14.4 Å². The summed E-state index contributed by atoms with van der Waals surface area (Å²) >= 11 is 0. The molecule has 0 bridgehead atoms. The zero-order chi connectivity index (χ0) is 17.1. The van der Waals surface area contributed by atoms with Crippen LogP contribution in [0.15, 0.2) is 24.3 Å². The minimum absolute atomic E-state index is 0.0973. The molecule has 0 atom stereocenters. The topological polar surface area (TPSA) is 81.8 Å². The molecule has 7 heteroatoms. The molecule has 24 heavy (non-hydrogen) atoms. The predicted octanol–water partition coefficient (Wildman–Crippen LogP) is 1.10. The second kappa shape index (κ2) is 6.90. The second-order valence-corrected chi connectivity index (χ2v) is 6.15. The lowest BCUT2D eigenvalue weighted by Crippen LogP contribution is -2.49. The van der Waals surface area contributed by atoms with Crippen molar-refractivity contribution in [3.05, 3.63) is 24.3 Å². The van der Waals surface area contributed by atoms with Crippen molar-refractivity contribution in [2.75, 3.05) is 36.5 Å². The Labute approximate surface area is 141 Å². The Bertz CT molecular complexity index is 636. The Balaban J connectivity index is 1.62. The Hall–Kier alpha value is -2.57. The van der Waals surface area contributed by atoms with E-state index < -0.39 is 0 Å². The number of urea groups is 1. The summed E-state index contributed by atoms with van der Waals surface area (Å²) in [4.78, 5) is 38.6. The lowest BCUT2D eigenvalue weighted by atomic mass is 9.95. The van der Waals surface area contributed by atoms with Crippen LogP contribution in [0.25, 0.3) is 0 Å². The van der Waals surface area contributed by atoms with E-state index in [4.69, 9.17) is 0 Å². The van der Waals surface area contributed by atoms with Crippen molar-refractivity contribution in [3.63, 3.8) is 0 Å². The smallest absolute Gasteiger partial charge is 0.328 e. The monoisotopic (exact) mass is 330 g/mol. The molecule has 7 nitrogen and oxygen atoms in total. The third-order valence-corrected chi connectivity index (χ3v) is 4.69. The molecule has 3 rings (SSSR count). The van der Waals surface area contributed by atoms with Gasteiger partial charge in [-0.1, -0.05) is 0 Å². The molecule has 1 aromatic rings. The van der Waals surface area contributed by atoms with Crippen LogP contribution in [-0.4, -0.2) is 44.5 Å². The highest BCUT2D eigenvalue weighted by atomic mass is 16.2. The van der Waals surface area contributed by atoms with E-state index >= 15 is 0 Å². The number of anilines is 2. The number of carbonyl (C=O) groups excluding carboxylic acids is 3. The number of amides is 4. The van der Waals surface area contributed by atoms with Crippen molar-refractivity contribution in [1.82, 2.24) is 10.6 Å². The Morgan fingerprint density at radius 1 is 1.08 bits per heavy atom. The van der Waals surface area contributed by atoms with Crippen molar-refractivity contribution in [1.29, 1.82) is 0 Å². The van der Waals surface area contributed by atoms with Gasteiger partial charge < -0.3 is 10.2 Å². The molecule has 2 aliphatic heterocycles. The van der Waals surface area contributed by atoms with E-state index in [9.17, 15) is 14.4 Å². The normalized spacial score (nSPS) is 19.2. The van der Waals surface area contributed by atoms with Gasteiger partial charge in [-0.05, 0) is 37.1 Å². The highest BCUT2D eigenvalue weighted by Gasteiger charge is 2.26. The number of nitrogens with zero attached hydrogens (tertiary/aromatic N) is 2. The highest BCUT2D eigenvalue weighted by molar-refractivity contribution is 6.05. The van der Waals surface area contributed by atoms with E-state index in [-0.39, 0.29) is 23.8 Å². The third-order valence-electron chi connectivity index (χ3n) is 4.69. The average molecular weight is 330 g/mol. The molecule has 2 aliphatic rings. The summed E-state index contributed by atoms with van der Waals surface area (Å²) in [6.45, 7) is 2.09. The largest absolute Gasteiger partial charge is 0.371 e. The number of imide groups is 1. The van der Waals surface area contributed by atoms with Gasteiger partial charge >= 0.3 is 6.03 Å². The summed E-state index contributed by atoms with van der Waals surface area (Å²) in [5, 5.41) is 5.04. The van der Waals surface area contributed by atoms with Crippen molar-refractivity contribution in [3.8, 4) is 0 Å². The van der Waals surface area contributed by atoms with E-state index in [0.717, 1.165) is 37.3 Å². The molecule has 2 saturated heterocycles. The van der Waals surface area contributed by atoms with Crippen molar-refractivity contribution in [2.45, 2.75) is 19.3 Å². The number of benzene rings is 1. The fraction of sp³-hybridized carbons (Fsp3) is 0.471. The van der Waals surface area contributed by atoms with E-state index in [1.165, 1.54) is 0 Å². The van der Waals surface area contributed by atoms with Crippen LogP contribution in [0.1, 0.15) is 19.3 Å². The summed E-state index contributed by atoms with van der Waals surface area (Å²) in [5.41, 5.74) is 1.87. The molecule has 128 valence electrons. The molecule has 2 fully saturated rings. The minimum Gasteiger partial charge on any atom is -0.371 e. The molecular weight excluding hydrogens is 308 g/mol. The summed E-state index contributed by atoms with van der Waals surface area (Å²) in [5.74, 6) is -0.0115. The van der Waals surface area contributed by atoms with Gasteiger partial charge in [0, 0.05) is 50.4 Å². The molecule has 2 N–H and O–H groups in total. The maximum Gasteiger partial charge on any atom is 0.328 e. The molecule has 0 aliphatic carbocycles. The Morgan fingerprint density at radius 3 is 2.29 bits per heavy atom. The van der Waals surface area contributed by atoms with Crippen LogP contribution in [0.2, 0.25) is 0 Å². The molecule has 1 aromatic carbocycles. The molecule has 0 spiro atoms. The van der Waals surface area contributed by atoms with Crippen LogP contribution in [0.5, 0.6) is 0 Å². The van der Waals surface area contributed by atoms with Gasteiger partial charge in [0.25, 0.3) is 0 Å². The summed E-state index contributed by atoms with van der Waals surface area (Å²) in [7, 11) is 1.68. The Kier molecular flexibility index (Phi) is 4.69. The Morgan fingerprint density at radius 2 is 1.71 bits per heavy atom. The van der Waals surface area contributed by atoms with Crippen molar-refractivity contribution >= 4 is 29.2 Å². The van der Waals surface area contributed by atoms with E-state index in [1.807, 2.05) is 24.3 Å². The third kappa shape index (κ3) is 3.34. The molecule has 2 heterocycles. The highest BCUT2D eigenvalue weighted by Crippen LogP contribution is 2.26. The lowest BCUT2D eigenvalue weighted by Gasteiger charge is -2.33. The van der Waals surface area contributed by atoms with Gasteiger partial charge in [-0.15, -0.1) is 0 Å². The number of nitrogens with one attached hydrogen (secondary N) is 2. The average Bonchev–Trinajstić information content (AvgIpc) is 2.61. The number of carbonyl (C=O) groups is 3. The molecule has 0 aromatic heterocycles. The quantitative estimate of drug-likeness (QED) is 0.869. The van der Waals surface area contributed by atoms with Crippen LogP contribution < -0.4 is 20.4 Å². The second-order valence-electron chi connectivity index (χ2n) is 6.15. The number of hydrogen-bond acceptors (Lipinski definition) is 4. The molecule has 4 amide bonds. The molecule has 0 radical (unpaired) electrons. The SMILES string of the molecule is CNC(=O)C1CCN(c2ccc(N3CCC(=O)NC3=O)cc2)CC1. The number of hydrogen-bond donors (Lipinski definition) is 2. The first-order valence-corrected chi connectivity index (χ1v) is 8.26. The maximum atomic E-state index is 11.9. The van der Waals surface area contributed by atoms with Crippen LogP contribution in [-0.2, 0) is 9.59 Å². The zero-order valence-corrected chi connectivity index (χ0v) is 13.7. The van der Waals surface area contributed by atoms with Gasteiger partial charge in [-0.25, -0.2) is 4.79 Å². The number of rotatable bonds is 3. The van der Waals surface area contributed by atoms with Gasteiger partial charge in [-0.2, -0.15) is 0 Å². The van der Waals surface area contributed by atoms with Gasteiger partial charge in [-0.3, -0.25) is 19.8 Å². The van der Waals surface area contributed by atoms with Crippen LogP contribution >= 0.6 is 0 Å². The zero-order valence-electron chi connectivity index (χ0n) is 13.7. The fourth-order valence-electron chi connectivity index (χ4n) is 3.26. The van der Waals surface area contributed by atoms with Gasteiger partial charge in [0.1, 0.15) is 0 Å². The van der Waals surface area contributed by atoms with E-state index in [1.54, 1.807) is 11.9 Å². The summed E-state index contributed by atoms with van der Waals surface area (Å²) in [6, 6.07) is 7.40. The molecular formula is C17H22N4O3. The maximum absolute atomic E-state index is 11.9. The standard InChI is InChI=1S/C17H22N4O3/c1-18-16(23)12-6-9-20(10-7-12)13-2-4-14(5-3-13)21-11-8-15(22)19-17(21)24/h2-5,12H,6-11H2,1H3,(H,18,23)(H,19,22,24). The van der Waals surface area contributed by atoms with Gasteiger partial charge in [0.2, 0.25) is 11.8 Å². The predicted molar refractivity (Wildman–Crippen MR) is 90.9 cm³/mol. The molecule has 0 saturated carbocycles. The van der Waals surface area contributed by atoms with Crippen LogP contribution in [0.4, 0.5) is 16.2 Å². The lowest BCUT2D eigenvalue weighted by molar-refractivity contribution is -0.125. The summed E-state index contributed by atoms with van der Waals surface area (Å²) in [6.07, 6.45) is 2.01. The van der Waals surface area contributed by atoms with Crippen molar-refractivity contribution in [2.24, 2.45) is 5.92 Å². The first-order valence-electron chi connectivity index (χ1n) is 8.26. The first kappa shape index (κ1) is 16.3. The van der Waals surface area contributed by atoms with Crippen LogP contribution in [0.3, 0.4) is 0 Å². The number of piperidine rings is 1. The van der Waals surface area contributed by atoms with E-state index in [0.29, 0.717) is 13.0 Å². The first-order chi connectivity index (χ1) is 11.6. The molecule has 0 unspecified atom stereocenters. The minimum atomic E-state index is -0.370. The van der Waals surface area contributed by atoms with E-state index in [2.05, 4.69) is 15.5 Å². The van der Waals surface area contributed by atoms with Crippen LogP contribution in [0, 0.1) is 5.92 Å². The fourth-order valence-corrected chi connectivity index (χ4v) is 3.26. The summed E-state index contributed by atoms with van der Waals surface area (Å²) < 4.78 is 0.